The van der Waals surface area contributed by atoms with Gasteiger partial charge in [0, 0.05) is 33.0 Å². The molecule has 11 rings (SSSR count). The van der Waals surface area contributed by atoms with E-state index in [2.05, 4.69) is 115 Å². The molecule has 0 bridgehead atoms. The molecule has 0 aliphatic heterocycles. The van der Waals surface area contributed by atoms with Crippen molar-refractivity contribution in [3.05, 3.63) is 194 Å². The molecule has 5 heteroatoms. The van der Waals surface area contributed by atoms with Crippen LogP contribution in [0.15, 0.2) is 199 Å². The van der Waals surface area contributed by atoms with E-state index in [0.29, 0.717) is 23.4 Å². The number of hydrogen-bond acceptors (Lipinski definition) is 5. The van der Waals surface area contributed by atoms with Crippen LogP contribution in [0, 0.1) is 0 Å². The summed E-state index contributed by atoms with van der Waals surface area (Å²) in [7, 11) is 0. The molecule has 57 heavy (non-hydrogen) atoms. The maximum Gasteiger partial charge on any atom is 0.227 e. The van der Waals surface area contributed by atoms with E-state index in [9.17, 15) is 0 Å². The van der Waals surface area contributed by atoms with E-state index >= 15 is 0 Å². The van der Waals surface area contributed by atoms with E-state index < -0.39 is 0 Å². The highest BCUT2D eigenvalue weighted by atomic mass is 16.3. The number of nitrogens with zero attached hydrogens (tertiary/aromatic N) is 4. The Morgan fingerprint density at radius 1 is 0.316 bits per heavy atom. The summed E-state index contributed by atoms with van der Waals surface area (Å²) >= 11 is 0. The third-order valence-corrected chi connectivity index (χ3v) is 10.7. The molecule has 0 N–H and O–H groups in total. The van der Waals surface area contributed by atoms with Crippen molar-refractivity contribution in [2.45, 2.75) is 0 Å². The maximum absolute atomic E-state index is 6.61. The van der Waals surface area contributed by atoms with Crippen LogP contribution in [-0.2, 0) is 0 Å². The average molecular weight is 729 g/mol. The SMILES string of the molecule is c1ccc(-c2cc(-c3ccccc3)cc(-c3nc(-c4ccccc4)nc(-c4cccc5c4ccc4ccc6ccc7nc(-c8ccccc8)oc7c6c45)n3)c2)cc1. The van der Waals surface area contributed by atoms with Gasteiger partial charge in [-0.05, 0) is 80.2 Å². The quantitative estimate of drug-likeness (QED) is 0.160. The summed E-state index contributed by atoms with van der Waals surface area (Å²) < 4.78 is 6.61. The standard InChI is InChI=1S/C52H32N4O/c1-5-14-33(15-6-1)39-30-40(34-16-7-2-8-17-34)32-41(31-39)50-54-49(37-18-9-3-10-19-37)55-51(56-50)44-23-13-22-43-42(44)28-26-35-24-25-36-27-29-45-48(47(36)46(35)43)57-52(53-45)38-20-11-4-12-21-38/h1-32H. The molecule has 0 spiro atoms. The van der Waals surface area contributed by atoms with Gasteiger partial charge in [0.1, 0.15) is 5.52 Å². The summed E-state index contributed by atoms with van der Waals surface area (Å²) in [5.41, 5.74) is 9.72. The molecule has 0 atom stereocenters. The first kappa shape index (κ1) is 32.7. The van der Waals surface area contributed by atoms with Gasteiger partial charge in [0.05, 0.1) is 0 Å². The Hall–Kier alpha value is -7.76. The van der Waals surface area contributed by atoms with Crippen molar-refractivity contribution in [1.29, 1.82) is 0 Å². The number of fused-ring (bicyclic) bond motifs is 7. The molecule has 266 valence electrons. The van der Waals surface area contributed by atoms with Gasteiger partial charge in [-0.25, -0.2) is 19.9 Å². The first-order chi connectivity index (χ1) is 28.2. The molecular formula is C52H32N4O. The van der Waals surface area contributed by atoms with Crippen LogP contribution in [0.2, 0.25) is 0 Å². The number of oxazole rings is 1. The molecule has 0 saturated carbocycles. The molecule has 0 aliphatic rings. The van der Waals surface area contributed by atoms with E-state index in [4.69, 9.17) is 24.4 Å². The maximum atomic E-state index is 6.61. The van der Waals surface area contributed by atoms with Gasteiger partial charge >= 0.3 is 0 Å². The normalized spacial score (nSPS) is 11.5. The molecule has 0 amide bonds. The lowest BCUT2D eigenvalue weighted by atomic mass is 9.93. The average Bonchev–Trinajstić information content (AvgIpc) is 3.74. The molecule has 0 radical (unpaired) electrons. The zero-order valence-electron chi connectivity index (χ0n) is 30.7. The largest absolute Gasteiger partial charge is 0.435 e. The van der Waals surface area contributed by atoms with E-state index in [0.717, 1.165) is 87.9 Å². The number of aromatic nitrogens is 4. The van der Waals surface area contributed by atoms with Gasteiger partial charge in [0.2, 0.25) is 5.89 Å². The Labute approximate surface area is 328 Å². The summed E-state index contributed by atoms with van der Waals surface area (Å²) in [6, 6.07) is 67.0. The highest BCUT2D eigenvalue weighted by Gasteiger charge is 2.19. The zero-order valence-corrected chi connectivity index (χ0v) is 30.7. The lowest BCUT2D eigenvalue weighted by molar-refractivity contribution is 0.623. The summed E-state index contributed by atoms with van der Waals surface area (Å²) in [5.74, 6) is 2.43. The van der Waals surface area contributed by atoms with Gasteiger partial charge in [0.25, 0.3) is 0 Å². The van der Waals surface area contributed by atoms with Gasteiger partial charge in [-0.15, -0.1) is 0 Å². The Morgan fingerprint density at radius 3 is 1.47 bits per heavy atom. The summed E-state index contributed by atoms with van der Waals surface area (Å²) in [4.78, 5) is 20.6. The van der Waals surface area contributed by atoms with Gasteiger partial charge in [0.15, 0.2) is 23.1 Å². The zero-order chi connectivity index (χ0) is 37.7. The number of benzene rings is 9. The van der Waals surface area contributed by atoms with Crippen molar-refractivity contribution in [2.24, 2.45) is 0 Å². The molecular weight excluding hydrogens is 697 g/mol. The Bertz CT molecular complexity index is 3210. The molecule has 0 unspecified atom stereocenters. The van der Waals surface area contributed by atoms with Crippen molar-refractivity contribution in [2.75, 3.05) is 0 Å². The molecule has 0 saturated heterocycles. The predicted molar refractivity (Wildman–Crippen MR) is 233 cm³/mol. The smallest absolute Gasteiger partial charge is 0.227 e. The lowest BCUT2D eigenvalue weighted by Crippen LogP contribution is -2.01. The Morgan fingerprint density at radius 2 is 0.825 bits per heavy atom. The highest BCUT2D eigenvalue weighted by Crippen LogP contribution is 2.41. The number of hydrogen-bond donors (Lipinski definition) is 0. The molecule has 2 aromatic heterocycles. The first-order valence-electron chi connectivity index (χ1n) is 19.0. The van der Waals surface area contributed by atoms with E-state index in [-0.39, 0.29) is 0 Å². The third kappa shape index (κ3) is 5.81. The fourth-order valence-electron chi connectivity index (χ4n) is 7.97. The van der Waals surface area contributed by atoms with Crippen molar-refractivity contribution < 1.29 is 4.42 Å². The molecule has 0 aliphatic carbocycles. The minimum atomic E-state index is 0.603. The molecule has 11 aromatic rings. The number of rotatable bonds is 6. The summed E-state index contributed by atoms with van der Waals surface area (Å²) in [6.07, 6.45) is 0. The highest BCUT2D eigenvalue weighted by molar-refractivity contribution is 6.27. The van der Waals surface area contributed by atoms with Crippen molar-refractivity contribution in [3.8, 4) is 67.9 Å². The molecule has 0 fully saturated rings. The predicted octanol–water partition coefficient (Wildman–Crippen LogP) is 13.5. The van der Waals surface area contributed by atoms with Crippen molar-refractivity contribution in [1.82, 2.24) is 19.9 Å². The fraction of sp³-hybridized carbons (Fsp3) is 0. The first-order valence-corrected chi connectivity index (χ1v) is 19.0. The van der Waals surface area contributed by atoms with Gasteiger partial charge < -0.3 is 4.42 Å². The fourth-order valence-corrected chi connectivity index (χ4v) is 7.97. The van der Waals surface area contributed by atoms with Crippen molar-refractivity contribution >= 4 is 43.4 Å². The molecule has 9 aromatic carbocycles. The van der Waals surface area contributed by atoms with E-state index in [1.54, 1.807) is 0 Å². The van der Waals surface area contributed by atoms with E-state index in [1.165, 1.54) is 0 Å². The second kappa shape index (κ2) is 13.5. The second-order valence-corrected chi connectivity index (χ2v) is 14.2. The van der Waals surface area contributed by atoms with Gasteiger partial charge in [-0.1, -0.05) is 158 Å². The molecule has 5 nitrogen and oxygen atoms in total. The van der Waals surface area contributed by atoms with Crippen LogP contribution in [0.5, 0.6) is 0 Å². The van der Waals surface area contributed by atoms with E-state index in [1.807, 2.05) is 78.9 Å². The molecule has 2 heterocycles. The van der Waals surface area contributed by atoms with Crippen LogP contribution in [0.25, 0.3) is 111 Å². The van der Waals surface area contributed by atoms with Crippen LogP contribution in [0.1, 0.15) is 0 Å². The van der Waals surface area contributed by atoms with Crippen LogP contribution >= 0.6 is 0 Å². The minimum Gasteiger partial charge on any atom is -0.435 e. The van der Waals surface area contributed by atoms with Gasteiger partial charge in [-0.2, -0.15) is 0 Å². The van der Waals surface area contributed by atoms with Crippen LogP contribution < -0.4 is 0 Å². The van der Waals surface area contributed by atoms with Crippen molar-refractivity contribution in [3.63, 3.8) is 0 Å². The second-order valence-electron chi connectivity index (χ2n) is 14.2. The monoisotopic (exact) mass is 728 g/mol. The lowest BCUT2D eigenvalue weighted by Gasteiger charge is -2.14. The minimum absolute atomic E-state index is 0.603. The topological polar surface area (TPSA) is 64.7 Å². The van der Waals surface area contributed by atoms with Crippen LogP contribution in [-0.4, -0.2) is 19.9 Å². The summed E-state index contributed by atoms with van der Waals surface area (Å²) in [6.45, 7) is 0. The Kier molecular flexibility index (Phi) is 7.74. The Balaban J connectivity index is 1.15. The summed E-state index contributed by atoms with van der Waals surface area (Å²) in [5, 5.41) is 6.47. The van der Waals surface area contributed by atoms with Crippen LogP contribution in [0.4, 0.5) is 0 Å². The van der Waals surface area contributed by atoms with Gasteiger partial charge in [-0.3, -0.25) is 0 Å². The van der Waals surface area contributed by atoms with Crippen LogP contribution in [0.3, 0.4) is 0 Å². The third-order valence-electron chi connectivity index (χ3n) is 10.7.